The van der Waals surface area contributed by atoms with Gasteiger partial charge in [-0.25, -0.2) is 4.79 Å². The van der Waals surface area contributed by atoms with E-state index in [9.17, 15) is 9.59 Å². The van der Waals surface area contributed by atoms with Crippen LogP contribution in [0.25, 0.3) is 11.3 Å². The molecule has 0 aliphatic rings. The van der Waals surface area contributed by atoms with E-state index in [1.165, 1.54) is 18.0 Å². The van der Waals surface area contributed by atoms with Crippen molar-refractivity contribution in [3.8, 4) is 11.3 Å². The number of aryl methyl sites for hydroxylation is 1. The van der Waals surface area contributed by atoms with Gasteiger partial charge in [-0.1, -0.05) is 42.5 Å². The Balaban J connectivity index is 1.93. The lowest BCUT2D eigenvalue weighted by Gasteiger charge is -2.05. The molecule has 7 nitrogen and oxygen atoms in total. The molecule has 26 heavy (non-hydrogen) atoms. The molecular formula is C19H16N4O3. The molecule has 0 aliphatic carbocycles. The maximum Gasteiger partial charge on any atom is 0.337 e. The Bertz CT molecular complexity index is 1010. The lowest BCUT2D eigenvalue weighted by molar-refractivity contribution is 0.0600. The van der Waals surface area contributed by atoms with E-state index in [0.29, 0.717) is 17.0 Å². The Morgan fingerprint density at radius 3 is 2.42 bits per heavy atom. The minimum absolute atomic E-state index is 0.231. The second-order valence-electron chi connectivity index (χ2n) is 5.44. The number of rotatable bonds is 4. The predicted molar refractivity (Wildman–Crippen MR) is 97.2 cm³/mol. The van der Waals surface area contributed by atoms with E-state index in [2.05, 4.69) is 20.0 Å². The molecule has 0 bridgehead atoms. The highest BCUT2D eigenvalue weighted by molar-refractivity contribution is 5.90. The number of carbonyl (C=O) groups excluding carboxylic acids is 1. The first-order valence-corrected chi connectivity index (χ1v) is 7.84. The summed E-state index contributed by atoms with van der Waals surface area (Å²) < 4.78 is 5.86. The summed E-state index contributed by atoms with van der Waals surface area (Å²) in [6.07, 6.45) is 1.52. The van der Waals surface area contributed by atoms with Crippen LogP contribution >= 0.6 is 0 Å². The molecule has 0 spiro atoms. The fourth-order valence-corrected chi connectivity index (χ4v) is 2.32. The average Bonchev–Trinajstić information content (AvgIpc) is 2.68. The van der Waals surface area contributed by atoms with Crippen molar-refractivity contribution < 1.29 is 9.53 Å². The van der Waals surface area contributed by atoms with Crippen molar-refractivity contribution in [1.82, 2.24) is 14.9 Å². The smallest absolute Gasteiger partial charge is 0.337 e. The molecule has 0 saturated carbocycles. The third kappa shape index (κ3) is 3.56. The van der Waals surface area contributed by atoms with Crippen LogP contribution in [0.2, 0.25) is 0 Å². The number of methoxy groups -OCH3 is 1. The predicted octanol–water partition coefficient (Wildman–Crippen LogP) is 2.28. The van der Waals surface area contributed by atoms with Crippen LogP contribution < -0.4 is 5.56 Å². The van der Waals surface area contributed by atoms with Gasteiger partial charge in [0.25, 0.3) is 0 Å². The van der Waals surface area contributed by atoms with Gasteiger partial charge in [0, 0.05) is 5.56 Å². The number of benzene rings is 2. The van der Waals surface area contributed by atoms with E-state index in [0.717, 1.165) is 5.56 Å². The van der Waals surface area contributed by atoms with Gasteiger partial charge in [0.2, 0.25) is 0 Å². The first-order chi connectivity index (χ1) is 12.6. The first kappa shape index (κ1) is 17.2. The number of hydrogen-bond donors (Lipinski definition) is 0. The Morgan fingerprint density at radius 1 is 1.08 bits per heavy atom. The van der Waals surface area contributed by atoms with Gasteiger partial charge >= 0.3 is 11.5 Å². The second kappa shape index (κ2) is 7.52. The zero-order valence-electron chi connectivity index (χ0n) is 14.3. The Morgan fingerprint density at radius 2 is 1.77 bits per heavy atom. The van der Waals surface area contributed by atoms with Gasteiger partial charge in [-0.2, -0.15) is 9.78 Å². The Kier molecular flexibility index (Phi) is 4.98. The van der Waals surface area contributed by atoms with Crippen LogP contribution in [0.1, 0.15) is 21.7 Å². The molecule has 130 valence electrons. The van der Waals surface area contributed by atoms with Crippen LogP contribution in [-0.2, 0) is 4.74 Å². The number of aromatic nitrogens is 3. The van der Waals surface area contributed by atoms with E-state index in [1.54, 1.807) is 43.3 Å². The number of esters is 1. The van der Waals surface area contributed by atoms with Crippen LogP contribution in [-0.4, -0.2) is 34.2 Å². The maximum absolute atomic E-state index is 12.7. The summed E-state index contributed by atoms with van der Waals surface area (Å²) in [7, 11) is 1.33. The van der Waals surface area contributed by atoms with Crippen LogP contribution in [0.5, 0.6) is 0 Å². The van der Waals surface area contributed by atoms with E-state index < -0.39 is 5.97 Å². The van der Waals surface area contributed by atoms with E-state index in [4.69, 9.17) is 0 Å². The molecule has 2 aromatic carbocycles. The molecule has 0 radical (unpaired) electrons. The van der Waals surface area contributed by atoms with Crippen LogP contribution in [0.15, 0.2) is 64.5 Å². The SMILES string of the molecule is COC(=O)c1ccc(/C=N\n2c(C)nnc(-c3ccccc3)c2=O)cc1. The minimum Gasteiger partial charge on any atom is -0.465 e. The molecule has 1 aromatic heterocycles. The summed E-state index contributed by atoms with van der Waals surface area (Å²) in [5, 5.41) is 12.2. The number of nitrogens with zero attached hydrogens (tertiary/aromatic N) is 4. The molecular weight excluding hydrogens is 332 g/mol. The van der Waals surface area contributed by atoms with Crippen molar-refractivity contribution in [1.29, 1.82) is 0 Å². The zero-order valence-corrected chi connectivity index (χ0v) is 14.3. The Hall–Kier alpha value is -3.61. The van der Waals surface area contributed by atoms with Crippen LogP contribution in [0, 0.1) is 6.92 Å². The summed E-state index contributed by atoms with van der Waals surface area (Å²) in [6.45, 7) is 1.65. The van der Waals surface area contributed by atoms with E-state index in [-0.39, 0.29) is 11.3 Å². The van der Waals surface area contributed by atoms with Gasteiger partial charge in [0.15, 0.2) is 11.5 Å². The van der Waals surface area contributed by atoms with Gasteiger partial charge in [0.05, 0.1) is 18.9 Å². The van der Waals surface area contributed by atoms with Crippen LogP contribution in [0.4, 0.5) is 0 Å². The topological polar surface area (TPSA) is 86.4 Å². The summed E-state index contributed by atoms with van der Waals surface area (Å²) in [5.74, 6) is -0.0384. The quantitative estimate of drug-likeness (QED) is 0.533. The van der Waals surface area contributed by atoms with Gasteiger partial charge in [-0.05, 0) is 24.6 Å². The first-order valence-electron chi connectivity index (χ1n) is 7.84. The molecule has 0 saturated heterocycles. The molecule has 3 aromatic rings. The third-order valence-corrected chi connectivity index (χ3v) is 3.70. The van der Waals surface area contributed by atoms with Gasteiger partial charge < -0.3 is 4.74 Å². The van der Waals surface area contributed by atoms with E-state index in [1.807, 2.05) is 18.2 Å². The molecule has 0 amide bonds. The van der Waals surface area contributed by atoms with Crippen molar-refractivity contribution in [2.24, 2.45) is 5.10 Å². The fourth-order valence-electron chi connectivity index (χ4n) is 2.32. The number of ether oxygens (including phenoxy) is 1. The van der Waals surface area contributed by atoms with Crippen molar-refractivity contribution in [3.63, 3.8) is 0 Å². The summed E-state index contributed by atoms with van der Waals surface area (Å²) in [6, 6.07) is 15.8. The molecule has 7 heteroatoms. The monoisotopic (exact) mass is 348 g/mol. The van der Waals surface area contributed by atoms with Crippen molar-refractivity contribution >= 4 is 12.2 Å². The Labute approximate surface area is 149 Å². The highest BCUT2D eigenvalue weighted by Gasteiger charge is 2.10. The van der Waals surface area contributed by atoms with Gasteiger partial charge in [0.1, 0.15) is 0 Å². The molecule has 0 aliphatic heterocycles. The standard InChI is InChI=1S/C19H16N4O3/c1-13-21-22-17(15-6-4-3-5-7-15)18(24)23(13)20-12-14-8-10-16(11-9-14)19(25)26-2/h3-12H,1-2H3/b20-12-. The highest BCUT2D eigenvalue weighted by Crippen LogP contribution is 2.11. The second-order valence-corrected chi connectivity index (χ2v) is 5.44. The largest absolute Gasteiger partial charge is 0.465 e. The molecule has 0 unspecified atom stereocenters. The highest BCUT2D eigenvalue weighted by atomic mass is 16.5. The van der Waals surface area contributed by atoms with E-state index >= 15 is 0 Å². The summed E-state index contributed by atoms with van der Waals surface area (Å²) in [5.41, 5.74) is 1.72. The van der Waals surface area contributed by atoms with Gasteiger partial charge in [-0.3, -0.25) is 4.79 Å². The fraction of sp³-hybridized carbons (Fsp3) is 0.105. The minimum atomic E-state index is -0.411. The normalized spacial score (nSPS) is 10.8. The molecule has 0 fully saturated rings. The van der Waals surface area contributed by atoms with Crippen molar-refractivity contribution in [2.45, 2.75) is 6.92 Å². The number of hydrogen-bond acceptors (Lipinski definition) is 6. The molecule has 1 heterocycles. The van der Waals surface area contributed by atoms with Gasteiger partial charge in [-0.15, -0.1) is 10.2 Å². The molecule has 0 N–H and O–H groups in total. The molecule has 3 rings (SSSR count). The number of carbonyl (C=O) groups is 1. The maximum atomic E-state index is 12.7. The van der Waals surface area contributed by atoms with Crippen molar-refractivity contribution in [3.05, 3.63) is 81.9 Å². The lowest BCUT2D eigenvalue weighted by Crippen LogP contribution is -2.23. The molecule has 0 atom stereocenters. The van der Waals surface area contributed by atoms with Crippen LogP contribution in [0.3, 0.4) is 0 Å². The summed E-state index contributed by atoms with van der Waals surface area (Å²) in [4.78, 5) is 24.1. The lowest BCUT2D eigenvalue weighted by atomic mass is 10.1. The summed E-state index contributed by atoms with van der Waals surface area (Å²) >= 11 is 0. The zero-order chi connectivity index (χ0) is 18.5. The third-order valence-electron chi connectivity index (χ3n) is 3.70. The average molecular weight is 348 g/mol. The van der Waals surface area contributed by atoms with Crippen molar-refractivity contribution in [2.75, 3.05) is 7.11 Å².